The van der Waals surface area contributed by atoms with Crippen LogP contribution in [0.25, 0.3) is 11.6 Å². The van der Waals surface area contributed by atoms with Crippen molar-refractivity contribution in [3.63, 3.8) is 0 Å². The molecule has 0 radical (unpaired) electrons. The van der Waals surface area contributed by atoms with E-state index in [9.17, 15) is 14.9 Å². The zero-order chi connectivity index (χ0) is 13.8. The van der Waals surface area contributed by atoms with Crippen LogP contribution in [0.4, 0.5) is 5.88 Å². The molecule has 0 aliphatic carbocycles. The molecule has 0 saturated heterocycles. The predicted octanol–water partition coefficient (Wildman–Crippen LogP) is 3.69. The lowest BCUT2D eigenvalue weighted by Gasteiger charge is -2.00. The summed E-state index contributed by atoms with van der Waals surface area (Å²) in [5, 5.41) is 10.5. The first-order valence-electron chi connectivity index (χ1n) is 5.27. The maximum atomic E-state index is 11.1. The van der Waals surface area contributed by atoms with Gasteiger partial charge in [-0.15, -0.1) is 0 Å². The van der Waals surface area contributed by atoms with Gasteiger partial charge in [-0.05, 0) is 29.8 Å². The van der Waals surface area contributed by atoms with Gasteiger partial charge in [0.1, 0.15) is 10.7 Å². The molecule has 0 unspecified atom stereocenters. The van der Waals surface area contributed by atoms with Crippen LogP contribution < -0.4 is 0 Å². The Morgan fingerprint density at radius 1 is 1.32 bits per heavy atom. The van der Waals surface area contributed by atoms with Crippen LogP contribution in [0.5, 0.6) is 0 Å². The number of allylic oxidation sites excluding steroid dienone is 1. The van der Waals surface area contributed by atoms with E-state index in [2.05, 4.69) is 15.9 Å². The Morgan fingerprint density at radius 2 is 2.11 bits per heavy atom. The number of benzene rings is 1. The first-order chi connectivity index (χ1) is 9.10. The van der Waals surface area contributed by atoms with Crippen molar-refractivity contribution in [1.29, 1.82) is 0 Å². The lowest BCUT2D eigenvalue weighted by Crippen LogP contribution is -1.86. The number of carbonyl (C=O) groups is 1. The molecule has 2 aromatic rings. The summed E-state index contributed by atoms with van der Waals surface area (Å²) in [4.78, 5) is 21.0. The van der Waals surface area contributed by atoms with Crippen LogP contribution in [0.3, 0.4) is 0 Å². The summed E-state index contributed by atoms with van der Waals surface area (Å²) in [7, 11) is 0. The Labute approximate surface area is 116 Å². The van der Waals surface area contributed by atoms with Crippen LogP contribution >= 0.6 is 15.9 Å². The number of rotatable bonds is 4. The normalized spacial score (nSPS) is 11.3. The van der Waals surface area contributed by atoms with Gasteiger partial charge in [-0.2, -0.15) is 0 Å². The number of hydrogen-bond donors (Lipinski definition) is 0. The van der Waals surface area contributed by atoms with Gasteiger partial charge in [0, 0.05) is 10.0 Å². The Morgan fingerprint density at radius 3 is 2.68 bits per heavy atom. The predicted molar refractivity (Wildman–Crippen MR) is 73.4 cm³/mol. The van der Waals surface area contributed by atoms with Crippen molar-refractivity contribution in [2.45, 2.75) is 0 Å². The topological polar surface area (TPSA) is 73.3 Å². The maximum Gasteiger partial charge on any atom is 0.433 e. The Hall–Kier alpha value is -2.21. The average molecular weight is 322 g/mol. The van der Waals surface area contributed by atoms with E-state index in [1.807, 2.05) is 6.07 Å². The van der Waals surface area contributed by atoms with E-state index in [0.717, 1.165) is 4.47 Å². The lowest BCUT2D eigenvalue weighted by atomic mass is 10.1. The standard InChI is InChI=1S/C13H8BrNO4/c14-11-3-1-2-9(6-11)10(8-16)7-12-4-5-13(19-12)15(17)18/h1-8H/b10-7+. The fourth-order valence-electron chi connectivity index (χ4n) is 1.52. The number of halogens is 1. The Kier molecular flexibility index (Phi) is 3.91. The zero-order valence-corrected chi connectivity index (χ0v) is 11.2. The molecule has 1 aromatic heterocycles. The lowest BCUT2D eigenvalue weighted by molar-refractivity contribution is -0.402. The molecule has 0 atom stereocenters. The molecule has 0 aliphatic heterocycles. The average Bonchev–Trinajstić information content (AvgIpc) is 2.84. The van der Waals surface area contributed by atoms with Gasteiger partial charge in [-0.1, -0.05) is 28.1 Å². The summed E-state index contributed by atoms with van der Waals surface area (Å²) in [5.74, 6) is -0.0977. The van der Waals surface area contributed by atoms with Gasteiger partial charge in [-0.3, -0.25) is 14.9 Å². The van der Waals surface area contributed by atoms with E-state index in [1.165, 1.54) is 18.2 Å². The molecule has 0 bridgehead atoms. The second-order valence-electron chi connectivity index (χ2n) is 3.66. The van der Waals surface area contributed by atoms with Gasteiger partial charge >= 0.3 is 5.88 Å². The molecule has 96 valence electrons. The second-order valence-corrected chi connectivity index (χ2v) is 4.58. The molecule has 0 saturated carbocycles. The van der Waals surface area contributed by atoms with Gasteiger partial charge < -0.3 is 4.42 Å². The number of furan rings is 1. The third-order valence-corrected chi connectivity index (χ3v) is 2.87. The highest BCUT2D eigenvalue weighted by atomic mass is 79.9. The first-order valence-corrected chi connectivity index (χ1v) is 6.06. The molecule has 0 amide bonds. The summed E-state index contributed by atoms with van der Waals surface area (Å²) >= 11 is 3.31. The van der Waals surface area contributed by atoms with Crippen LogP contribution in [-0.4, -0.2) is 11.2 Å². The molecule has 0 N–H and O–H groups in total. The minimum Gasteiger partial charge on any atom is -0.401 e. The van der Waals surface area contributed by atoms with Crippen molar-refractivity contribution >= 4 is 39.7 Å². The number of nitro groups is 1. The molecule has 0 aliphatic rings. The van der Waals surface area contributed by atoms with Crippen LogP contribution in [0, 0.1) is 10.1 Å². The molecule has 0 spiro atoms. The fraction of sp³-hybridized carbons (Fsp3) is 0. The van der Waals surface area contributed by atoms with Crippen molar-refractivity contribution in [2.24, 2.45) is 0 Å². The second kappa shape index (κ2) is 5.62. The molecule has 6 heteroatoms. The summed E-state index contributed by atoms with van der Waals surface area (Å²) < 4.78 is 5.82. The van der Waals surface area contributed by atoms with Crippen LogP contribution in [0.1, 0.15) is 11.3 Å². The van der Waals surface area contributed by atoms with E-state index in [1.54, 1.807) is 18.2 Å². The van der Waals surface area contributed by atoms with Crippen molar-refractivity contribution in [1.82, 2.24) is 0 Å². The molecular weight excluding hydrogens is 314 g/mol. The third kappa shape index (κ3) is 3.17. The van der Waals surface area contributed by atoms with Crippen molar-refractivity contribution in [2.75, 3.05) is 0 Å². The third-order valence-electron chi connectivity index (χ3n) is 2.38. The van der Waals surface area contributed by atoms with Gasteiger partial charge in [0.05, 0.1) is 6.07 Å². The van der Waals surface area contributed by atoms with Gasteiger partial charge in [0.25, 0.3) is 0 Å². The largest absolute Gasteiger partial charge is 0.433 e. The summed E-state index contributed by atoms with van der Waals surface area (Å²) in [6.07, 6.45) is 2.14. The number of hydrogen-bond acceptors (Lipinski definition) is 4. The molecule has 1 aromatic carbocycles. The Balaban J connectivity index is 2.38. The summed E-state index contributed by atoms with van der Waals surface area (Å²) in [6.45, 7) is 0. The number of nitrogens with zero attached hydrogens (tertiary/aromatic N) is 1. The molecular formula is C13H8BrNO4. The number of aldehydes is 1. The molecule has 1 heterocycles. The van der Waals surface area contributed by atoms with E-state index in [4.69, 9.17) is 4.42 Å². The highest BCUT2D eigenvalue weighted by Gasteiger charge is 2.11. The van der Waals surface area contributed by atoms with E-state index in [0.29, 0.717) is 17.4 Å². The first kappa shape index (κ1) is 13.2. The van der Waals surface area contributed by atoms with Crippen LogP contribution in [-0.2, 0) is 4.79 Å². The van der Waals surface area contributed by atoms with E-state index < -0.39 is 4.92 Å². The van der Waals surface area contributed by atoms with Gasteiger partial charge in [-0.25, -0.2) is 0 Å². The Bertz CT molecular complexity index is 660. The van der Waals surface area contributed by atoms with Crippen molar-refractivity contribution in [3.05, 3.63) is 62.3 Å². The van der Waals surface area contributed by atoms with Crippen molar-refractivity contribution in [3.8, 4) is 0 Å². The maximum absolute atomic E-state index is 11.1. The SMILES string of the molecule is O=C/C(=C\c1ccc([N+](=O)[O-])o1)c1cccc(Br)c1. The van der Waals surface area contributed by atoms with Crippen LogP contribution in [0.15, 0.2) is 45.3 Å². The summed E-state index contributed by atoms with van der Waals surface area (Å²) in [5.41, 5.74) is 1.08. The zero-order valence-electron chi connectivity index (χ0n) is 9.58. The smallest absolute Gasteiger partial charge is 0.401 e. The minimum atomic E-state index is -0.628. The summed E-state index contributed by atoms with van der Waals surface area (Å²) in [6, 6.07) is 9.86. The molecule has 2 rings (SSSR count). The fourth-order valence-corrected chi connectivity index (χ4v) is 1.92. The highest BCUT2D eigenvalue weighted by molar-refractivity contribution is 9.10. The van der Waals surface area contributed by atoms with E-state index in [-0.39, 0.29) is 11.6 Å². The minimum absolute atomic E-state index is 0.258. The number of carbonyl (C=O) groups excluding carboxylic acids is 1. The van der Waals surface area contributed by atoms with E-state index >= 15 is 0 Å². The highest BCUT2D eigenvalue weighted by Crippen LogP contribution is 2.23. The monoisotopic (exact) mass is 321 g/mol. The molecule has 19 heavy (non-hydrogen) atoms. The van der Waals surface area contributed by atoms with Crippen LogP contribution in [0.2, 0.25) is 0 Å². The van der Waals surface area contributed by atoms with Gasteiger partial charge in [0.15, 0.2) is 6.29 Å². The molecule has 5 nitrogen and oxygen atoms in total. The van der Waals surface area contributed by atoms with Crippen molar-refractivity contribution < 1.29 is 14.1 Å². The quantitative estimate of drug-likeness (QED) is 0.372. The molecule has 0 fully saturated rings. The van der Waals surface area contributed by atoms with Gasteiger partial charge in [0.2, 0.25) is 0 Å².